The summed E-state index contributed by atoms with van der Waals surface area (Å²) in [6, 6.07) is 9.52. The third-order valence-electron chi connectivity index (χ3n) is 1.66. The maximum atomic E-state index is 3.18. The molecule has 1 rings (SSSR count). The average Bonchev–Trinajstić information content (AvgIpc) is 1.88. The summed E-state index contributed by atoms with van der Waals surface area (Å²) in [5, 5.41) is 0. The lowest BCUT2D eigenvalue weighted by Gasteiger charge is -2.03. The number of hydrogen-bond acceptors (Lipinski definition) is 0. The smallest absolute Gasteiger partial charge is 0.0149 e. The Morgan fingerprint density at radius 1 is 1.30 bits per heavy atom. The Balaban J connectivity index is 2.89. The Labute approximate surface area is 62.9 Å². The van der Waals surface area contributed by atoms with E-state index in [-0.39, 0.29) is 0 Å². The highest BCUT2D eigenvalue weighted by molar-refractivity contribution is 5.22. The van der Waals surface area contributed by atoms with Gasteiger partial charge in [-0.2, -0.15) is 0 Å². The van der Waals surface area contributed by atoms with Crippen molar-refractivity contribution in [3.63, 3.8) is 0 Å². The van der Waals surface area contributed by atoms with E-state index in [4.69, 9.17) is 0 Å². The fraction of sp³-hybridized carbons (Fsp3) is 0.400. The van der Waals surface area contributed by atoms with Crippen molar-refractivity contribution in [2.24, 2.45) is 0 Å². The number of aryl methyl sites for hydroxylation is 1. The molecular formula is C10H13. The van der Waals surface area contributed by atoms with E-state index in [1.54, 1.807) is 0 Å². The predicted molar refractivity (Wildman–Crippen MR) is 44.1 cm³/mol. The molecule has 0 heterocycles. The highest BCUT2D eigenvalue weighted by atomic mass is 14.0. The SMILES string of the molecule is Cc1[c]cc(C(C)C)cc1. The topological polar surface area (TPSA) is 0 Å². The number of hydrogen-bond donors (Lipinski definition) is 0. The normalized spacial score (nSPS) is 10.4. The number of rotatable bonds is 1. The zero-order valence-electron chi connectivity index (χ0n) is 6.81. The van der Waals surface area contributed by atoms with Crippen molar-refractivity contribution in [3.05, 3.63) is 35.4 Å². The lowest BCUT2D eigenvalue weighted by atomic mass is 10.0. The van der Waals surface area contributed by atoms with Crippen LogP contribution in [0.4, 0.5) is 0 Å². The van der Waals surface area contributed by atoms with Crippen LogP contribution in [0.2, 0.25) is 0 Å². The summed E-state index contributed by atoms with van der Waals surface area (Å²) in [5.74, 6) is 0.622. The largest absolute Gasteiger partial charge is 0.0587 e. The second-order valence-electron chi connectivity index (χ2n) is 2.96. The van der Waals surface area contributed by atoms with Crippen LogP contribution in [0.15, 0.2) is 18.2 Å². The maximum absolute atomic E-state index is 3.18. The van der Waals surface area contributed by atoms with Gasteiger partial charge in [0, 0.05) is 0 Å². The van der Waals surface area contributed by atoms with Crippen LogP contribution >= 0.6 is 0 Å². The van der Waals surface area contributed by atoms with Crippen LogP contribution in [0.25, 0.3) is 0 Å². The van der Waals surface area contributed by atoms with Crippen LogP contribution in [-0.2, 0) is 0 Å². The molecule has 0 atom stereocenters. The Morgan fingerprint density at radius 2 is 2.00 bits per heavy atom. The highest BCUT2D eigenvalue weighted by Crippen LogP contribution is 2.13. The second kappa shape index (κ2) is 2.87. The van der Waals surface area contributed by atoms with Gasteiger partial charge in [0.05, 0.1) is 0 Å². The molecule has 1 radical (unpaired) electrons. The molecule has 0 amide bonds. The van der Waals surface area contributed by atoms with Gasteiger partial charge in [-0.25, -0.2) is 0 Å². The third-order valence-corrected chi connectivity index (χ3v) is 1.66. The molecule has 0 bridgehead atoms. The molecule has 0 fully saturated rings. The molecule has 0 aromatic heterocycles. The monoisotopic (exact) mass is 133 g/mol. The average molecular weight is 133 g/mol. The summed E-state index contributed by atoms with van der Waals surface area (Å²) < 4.78 is 0. The molecule has 0 unspecified atom stereocenters. The van der Waals surface area contributed by atoms with Gasteiger partial charge in [-0.15, -0.1) is 0 Å². The quantitative estimate of drug-likeness (QED) is 0.552. The summed E-state index contributed by atoms with van der Waals surface area (Å²) in [6.07, 6.45) is 0. The van der Waals surface area contributed by atoms with E-state index < -0.39 is 0 Å². The third kappa shape index (κ3) is 1.60. The van der Waals surface area contributed by atoms with Crippen LogP contribution in [0.3, 0.4) is 0 Å². The molecule has 0 aliphatic rings. The molecule has 1 aromatic carbocycles. The van der Waals surface area contributed by atoms with E-state index in [0.29, 0.717) is 5.92 Å². The Hall–Kier alpha value is -0.780. The van der Waals surface area contributed by atoms with E-state index in [1.165, 1.54) is 11.1 Å². The first-order chi connectivity index (χ1) is 4.70. The van der Waals surface area contributed by atoms with Gasteiger partial charge in [0.2, 0.25) is 0 Å². The van der Waals surface area contributed by atoms with Gasteiger partial charge in [0.1, 0.15) is 0 Å². The van der Waals surface area contributed by atoms with Crippen molar-refractivity contribution in [2.75, 3.05) is 0 Å². The summed E-state index contributed by atoms with van der Waals surface area (Å²) in [7, 11) is 0. The molecule has 0 spiro atoms. The minimum Gasteiger partial charge on any atom is -0.0587 e. The molecule has 1 aromatic rings. The van der Waals surface area contributed by atoms with Gasteiger partial charge in [-0.05, 0) is 30.0 Å². The van der Waals surface area contributed by atoms with E-state index in [2.05, 4.69) is 45.0 Å². The van der Waals surface area contributed by atoms with Gasteiger partial charge in [-0.1, -0.05) is 32.0 Å². The molecule has 53 valence electrons. The summed E-state index contributed by atoms with van der Waals surface area (Å²) in [5.41, 5.74) is 2.58. The lowest BCUT2D eigenvalue weighted by Crippen LogP contribution is -1.85. The van der Waals surface area contributed by atoms with E-state index in [9.17, 15) is 0 Å². The van der Waals surface area contributed by atoms with Crippen LogP contribution in [0.5, 0.6) is 0 Å². The van der Waals surface area contributed by atoms with Gasteiger partial charge in [0.25, 0.3) is 0 Å². The zero-order valence-corrected chi connectivity index (χ0v) is 6.81. The van der Waals surface area contributed by atoms with Crippen LogP contribution < -0.4 is 0 Å². The standard InChI is InChI=1S/C10H13/c1-8(2)10-6-4-9(3)5-7-10/h4,6-8H,1-3H3. The van der Waals surface area contributed by atoms with Gasteiger partial charge < -0.3 is 0 Å². The lowest BCUT2D eigenvalue weighted by molar-refractivity contribution is 0.865. The summed E-state index contributed by atoms with van der Waals surface area (Å²) >= 11 is 0. The molecule has 0 aliphatic carbocycles. The molecular weight excluding hydrogens is 120 g/mol. The van der Waals surface area contributed by atoms with E-state index >= 15 is 0 Å². The maximum Gasteiger partial charge on any atom is -0.0149 e. The summed E-state index contributed by atoms with van der Waals surface area (Å²) in [4.78, 5) is 0. The summed E-state index contributed by atoms with van der Waals surface area (Å²) in [6.45, 7) is 6.45. The van der Waals surface area contributed by atoms with Crippen molar-refractivity contribution in [2.45, 2.75) is 26.7 Å². The van der Waals surface area contributed by atoms with E-state index in [0.717, 1.165) is 0 Å². The minimum absolute atomic E-state index is 0.622. The molecule has 10 heavy (non-hydrogen) atoms. The zero-order chi connectivity index (χ0) is 7.56. The molecule has 0 aliphatic heterocycles. The Kier molecular flexibility index (Phi) is 2.10. The Morgan fingerprint density at radius 3 is 2.40 bits per heavy atom. The molecule has 0 N–H and O–H groups in total. The first-order valence-corrected chi connectivity index (χ1v) is 3.68. The van der Waals surface area contributed by atoms with Crippen LogP contribution in [-0.4, -0.2) is 0 Å². The van der Waals surface area contributed by atoms with E-state index in [1.807, 2.05) is 0 Å². The Bertz CT molecular complexity index is 194. The van der Waals surface area contributed by atoms with Crippen molar-refractivity contribution in [1.82, 2.24) is 0 Å². The molecule has 0 heteroatoms. The van der Waals surface area contributed by atoms with Crippen molar-refractivity contribution < 1.29 is 0 Å². The predicted octanol–water partition coefficient (Wildman–Crippen LogP) is 2.92. The first-order valence-electron chi connectivity index (χ1n) is 3.68. The first kappa shape index (κ1) is 7.33. The van der Waals surface area contributed by atoms with Crippen LogP contribution in [0.1, 0.15) is 30.9 Å². The van der Waals surface area contributed by atoms with Crippen molar-refractivity contribution in [1.29, 1.82) is 0 Å². The number of benzene rings is 1. The van der Waals surface area contributed by atoms with Gasteiger partial charge in [-0.3, -0.25) is 0 Å². The van der Waals surface area contributed by atoms with Crippen LogP contribution in [0, 0.1) is 13.0 Å². The highest BCUT2D eigenvalue weighted by Gasteiger charge is 1.95. The van der Waals surface area contributed by atoms with Gasteiger partial charge in [0.15, 0.2) is 0 Å². The molecule has 0 nitrogen and oxygen atoms in total. The molecule has 0 saturated carbocycles. The second-order valence-corrected chi connectivity index (χ2v) is 2.96. The molecule has 0 saturated heterocycles. The minimum atomic E-state index is 0.622. The van der Waals surface area contributed by atoms with Crippen molar-refractivity contribution in [3.8, 4) is 0 Å². The van der Waals surface area contributed by atoms with Gasteiger partial charge >= 0.3 is 0 Å². The van der Waals surface area contributed by atoms with Crippen molar-refractivity contribution >= 4 is 0 Å². The fourth-order valence-electron chi connectivity index (χ4n) is 0.874. The fourth-order valence-corrected chi connectivity index (χ4v) is 0.874.